The van der Waals surface area contributed by atoms with Gasteiger partial charge in [-0.25, -0.2) is 4.39 Å². The molecule has 94 valence electrons. The quantitative estimate of drug-likeness (QED) is 0.796. The summed E-state index contributed by atoms with van der Waals surface area (Å²) in [7, 11) is 0. The van der Waals surface area contributed by atoms with Gasteiger partial charge in [-0.3, -0.25) is 9.59 Å². The van der Waals surface area contributed by atoms with Gasteiger partial charge in [-0.2, -0.15) is 0 Å². The highest BCUT2D eigenvalue weighted by atomic mass is 19.1. The summed E-state index contributed by atoms with van der Waals surface area (Å²) in [5.41, 5.74) is 1.19. The van der Waals surface area contributed by atoms with Gasteiger partial charge in [-0.05, 0) is 23.8 Å². The number of carbonyl (C=O) groups excluding carboxylic acids is 2. The second kappa shape index (κ2) is 4.31. The number of hydrogen-bond acceptors (Lipinski definition) is 2. The Labute approximate surface area is 109 Å². The van der Waals surface area contributed by atoms with Gasteiger partial charge >= 0.3 is 0 Å². The van der Waals surface area contributed by atoms with Crippen molar-refractivity contribution in [3.8, 4) is 0 Å². The van der Waals surface area contributed by atoms with E-state index in [1.54, 1.807) is 24.3 Å². The normalized spacial score (nSPS) is 17.8. The molecule has 4 heteroatoms. The first-order valence-electron chi connectivity index (χ1n) is 5.86. The molecule has 1 aliphatic rings. The van der Waals surface area contributed by atoms with Crippen LogP contribution in [0.2, 0.25) is 0 Å². The van der Waals surface area contributed by atoms with Crippen LogP contribution in [0.15, 0.2) is 48.5 Å². The second-order valence-corrected chi connectivity index (χ2v) is 4.39. The van der Waals surface area contributed by atoms with E-state index in [1.807, 2.05) is 6.07 Å². The van der Waals surface area contributed by atoms with Crippen molar-refractivity contribution >= 4 is 17.4 Å². The lowest BCUT2D eigenvalue weighted by Crippen LogP contribution is -2.33. The second-order valence-electron chi connectivity index (χ2n) is 4.39. The molecule has 0 saturated carbocycles. The van der Waals surface area contributed by atoms with Crippen molar-refractivity contribution in [1.29, 1.82) is 0 Å². The first-order valence-corrected chi connectivity index (χ1v) is 5.86. The number of Topliss-reactive ketones (excluding diaryl/α,β-unsaturated/α-hetero) is 1. The number of anilines is 1. The van der Waals surface area contributed by atoms with Crippen molar-refractivity contribution < 1.29 is 14.0 Å². The fourth-order valence-electron chi connectivity index (χ4n) is 2.26. The largest absolute Gasteiger partial charge is 0.324 e. The fourth-order valence-corrected chi connectivity index (χ4v) is 2.26. The maximum atomic E-state index is 13.2. The molecule has 0 radical (unpaired) electrons. The summed E-state index contributed by atoms with van der Waals surface area (Å²) in [6.07, 6.45) is 0. The van der Waals surface area contributed by atoms with Crippen molar-refractivity contribution in [3.05, 3.63) is 65.5 Å². The molecule has 0 bridgehead atoms. The molecule has 0 aromatic heterocycles. The highest BCUT2D eigenvalue weighted by Gasteiger charge is 2.35. The topological polar surface area (TPSA) is 46.2 Å². The molecule has 1 amide bonds. The first-order chi connectivity index (χ1) is 9.16. The van der Waals surface area contributed by atoms with Gasteiger partial charge in [0.1, 0.15) is 11.7 Å². The fraction of sp³-hybridized carbons (Fsp3) is 0.0667. The van der Waals surface area contributed by atoms with Crippen LogP contribution in [0, 0.1) is 5.82 Å². The van der Waals surface area contributed by atoms with E-state index in [2.05, 4.69) is 5.32 Å². The van der Waals surface area contributed by atoms with Gasteiger partial charge in [0, 0.05) is 5.56 Å². The number of carbonyl (C=O) groups is 2. The first kappa shape index (κ1) is 11.6. The summed E-state index contributed by atoms with van der Waals surface area (Å²) < 4.78 is 13.2. The van der Waals surface area contributed by atoms with E-state index in [0.29, 0.717) is 11.3 Å². The van der Waals surface area contributed by atoms with Gasteiger partial charge in [0.15, 0.2) is 5.78 Å². The lowest BCUT2D eigenvalue weighted by Gasteiger charge is -2.23. The third kappa shape index (κ3) is 1.91. The molecule has 0 saturated heterocycles. The van der Waals surface area contributed by atoms with Gasteiger partial charge in [0.05, 0.1) is 5.69 Å². The van der Waals surface area contributed by atoms with Crippen molar-refractivity contribution in [3.63, 3.8) is 0 Å². The molecule has 1 heterocycles. The Balaban J connectivity index is 2.10. The van der Waals surface area contributed by atoms with E-state index in [-0.39, 0.29) is 17.3 Å². The summed E-state index contributed by atoms with van der Waals surface area (Å²) in [5, 5.41) is 2.64. The molecule has 2 aromatic carbocycles. The Bertz CT molecular complexity index is 667. The van der Waals surface area contributed by atoms with Gasteiger partial charge in [-0.15, -0.1) is 0 Å². The number of fused-ring (bicyclic) bond motifs is 1. The third-order valence-electron chi connectivity index (χ3n) is 3.16. The average molecular weight is 255 g/mol. The molecule has 3 rings (SSSR count). The Hall–Kier alpha value is -2.49. The molecule has 2 aromatic rings. The monoisotopic (exact) mass is 255 g/mol. The molecule has 1 atom stereocenters. The number of halogens is 1. The smallest absolute Gasteiger partial charge is 0.239 e. The van der Waals surface area contributed by atoms with Gasteiger partial charge in [0.2, 0.25) is 5.91 Å². The minimum atomic E-state index is -0.907. The van der Waals surface area contributed by atoms with Crippen molar-refractivity contribution in [2.45, 2.75) is 5.92 Å². The third-order valence-corrected chi connectivity index (χ3v) is 3.16. The van der Waals surface area contributed by atoms with Crippen molar-refractivity contribution in [1.82, 2.24) is 0 Å². The SMILES string of the molecule is O=C1Nc2ccc(F)cc2C(=O)C1c1ccccc1. The van der Waals surface area contributed by atoms with Gasteiger partial charge in [-0.1, -0.05) is 30.3 Å². The van der Waals surface area contributed by atoms with Crippen molar-refractivity contribution in [2.75, 3.05) is 5.32 Å². The summed E-state index contributed by atoms with van der Waals surface area (Å²) in [6, 6.07) is 12.5. The summed E-state index contributed by atoms with van der Waals surface area (Å²) in [4.78, 5) is 24.4. The summed E-state index contributed by atoms with van der Waals surface area (Å²) in [5.74, 6) is -2.15. The van der Waals surface area contributed by atoms with Crippen molar-refractivity contribution in [2.24, 2.45) is 0 Å². The molecule has 0 aliphatic carbocycles. The number of rotatable bonds is 1. The van der Waals surface area contributed by atoms with Crippen LogP contribution in [0.5, 0.6) is 0 Å². The van der Waals surface area contributed by atoms with Crippen LogP contribution in [0.25, 0.3) is 0 Å². The highest BCUT2D eigenvalue weighted by Crippen LogP contribution is 2.31. The van der Waals surface area contributed by atoms with Crippen LogP contribution in [0.4, 0.5) is 10.1 Å². The van der Waals surface area contributed by atoms with Gasteiger partial charge in [0.25, 0.3) is 0 Å². The molecular weight excluding hydrogens is 245 g/mol. The molecule has 1 N–H and O–H groups in total. The molecule has 1 unspecified atom stereocenters. The zero-order valence-electron chi connectivity index (χ0n) is 9.89. The molecule has 19 heavy (non-hydrogen) atoms. The van der Waals surface area contributed by atoms with Crippen LogP contribution < -0.4 is 5.32 Å². The standard InChI is InChI=1S/C15H10FNO2/c16-10-6-7-12-11(8-10)14(18)13(15(19)17-12)9-4-2-1-3-5-9/h1-8,13H,(H,17,19). The minimum Gasteiger partial charge on any atom is -0.324 e. The van der Waals surface area contributed by atoms with Crippen LogP contribution in [-0.4, -0.2) is 11.7 Å². The zero-order chi connectivity index (χ0) is 13.4. The minimum absolute atomic E-state index is 0.216. The summed E-state index contributed by atoms with van der Waals surface area (Å²) >= 11 is 0. The molecule has 0 spiro atoms. The van der Waals surface area contributed by atoms with E-state index >= 15 is 0 Å². The van der Waals surface area contributed by atoms with Crippen LogP contribution in [0.1, 0.15) is 21.8 Å². The maximum Gasteiger partial charge on any atom is 0.239 e. The lowest BCUT2D eigenvalue weighted by atomic mass is 9.86. The number of ketones is 1. The highest BCUT2D eigenvalue weighted by molar-refractivity contribution is 6.24. The Kier molecular flexibility index (Phi) is 2.63. The molecule has 1 aliphatic heterocycles. The van der Waals surface area contributed by atoms with Crippen LogP contribution in [0.3, 0.4) is 0 Å². The molecular formula is C15H10FNO2. The average Bonchev–Trinajstić information content (AvgIpc) is 2.41. The lowest BCUT2D eigenvalue weighted by molar-refractivity contribution is -0.116. The number of nitrogens with one attached hydrogen (secondary N) is 1. The Morgan fingerprint density at radius 2 is 1.74 bits per heavy atom. The Morgan fingerprint density at radius 3 is 2.47 bits per heavy atom. The number of amides is 1. The van der Waals surface area contributed by atoms with E-state index < -0.39 is 11.7 Å². The predicted octanol–water partition coefficient (Wildman–Crippen LogP) is 2.74. The van der Waals surface area contributed by atoms with E-state index in [9.17, 15) is 14.0 Å². The maximum absolute atomic E-state index is 13.2. The zero-order valence-corrected chi connectivity index (χ0v) is 9.89. The predicted molar refractivity (Wildman–Crippen MR) is 68.5 cm³/mol. The number of benzene rings is 2. The molecule has 3 nitrogen and oxygen atoms in total. The van der Waals surface area contributed by atoms with E-state index in [1.165, 1.54) is 12.1 Å². The van der Waals surface area contributed by atoms with E-state index in [0.717, 1.165) is 6.07 Å². The Morgan fingerprint density at radius 1 is 1.00 bits per heavy atom. The number of hydrogen-bond donors (Lipinski definition) is 1. The van der Waals surface area contributed by atoms with Crippen LogP contribution >= 0.6 is 0 Å². The van der Waals surface area contributed by atoms with Crippen LogP contribution in [-0.2, 0) is 4.79 Å². The van der Waals surface area contributed by atoms with Gasteiger partial charge < -0.3 is 5.32 Å². The molecule has 0 fully saturated rings. The summed E-state index contributed by atoms with van der Waals surface area (Å²) in [6.45, 7) is 0. The van der Waals surface area contributed by atoms with E-state index in [4.69, 9.17) is 0 Å².